The van der Waals surface area contributed by atoms with Crippen LogP contribution in [-0.4, -0.2) is 58.7 Å². The molecule has 2 N–H and O–H groups in total. The van der Waals surface area contributed by atoms with Crippen molar-refractivity contribution in [2.45, 2.75) is 12.8 Å². The van der Waals surface area contributed by atoms with Crippen molar-refractivity contribution in [2.75, 3.05) is 26.7 Å². The molecular formula is C14H18N2O4. The molecule has 6 heteroatoms. The summed E-state index contributed by atoms with van der Waals surface area (Å²) in [6.07, 6.45) is 0.363. The number of carbonyl (C=O) groups is 2. The molecule has 0 fully saturated rings. The first-order chi connectivity index (χ1) is 9.49. The molecule has 108 valence electrons. The Hall–Kier alpha value is -2.24. The van der Waals surface area contributed by atoms with Crippen molar-refractivity contribution < 1.29 is 19.8 Å². The molecule has 2 amide bonds. The Balaban J connectivity index is 1.94. The van der Waals surface area contributed by atoms with Crippen LogP contribution < -0.4 is 0 Å². The van der Waals surface area contributed by atoms with E-state index in [0.717, 1.165) is 5.56 Å². The van der Waals surface area contributed by atoms with Crippen molar-refractivity contribution in [1.29, 1.82) is 0 Å². The van der Waals surface area contributed by atoms with Gasteiger partial charge in [-0.1, -0.05) is 0 Å². The summed E-state index contributed by atoms with van der Waals surface area (Å²) in [6.45, 7) is 1.55. The molecule has 0 saturated carbocycles. The quantitative estimate of drug-likeness (QED) is 0.872. The largest absolute Gasteiger partial charge is 0.508 e. The fourth-order valence-corrected chi connectivity index (χ4v) is 2.33. The first kappa shape index (κ1) is 14.2. The maximum Gasteiger partial charge on any atom is 0.407 e. The van der Waals surface area contributed by atoms with E-state index in [4.69, 9.17) is 5.11 Å². The summed E-state index contributed by atoms with van der Waals surface area (Å²) in [6, 6.07) is 4.78. The molecule has 0 radical (unpaired) electrons. The lowest BCUT2D eigenvalue weighted by Gasteiger charge is -2.29. The summed E-state index contributed by atoms with van der Waals surface area (Å²) in [5.41, 5.74) is 1.49. The van der Waals surface area contributed by atoms with Crippen LogP contribution in [0.3, 0.4) is 0 Å². The molecule has 1 aromatic carbocycles. The minimum absolute atomic E-state index is 0.0516. The highest BCUT2D eigenvalue weighted by Crippen LogP contribution is 2.23. The van der Waals surface area contributed by atoms with Gasteiger partial charge in [0.05, 0.1) is 0 Å². The Kier molecular flexibility index (Phi) is 4.12. The zero-order valence-electron chi connectivity index (χ0n) is 11.4. The van der Waals surface area contributed by atoms with Crippen molar-refractivity contribution in [2.24, 2.45) is 0 Å². The molecule has 0 bridgehead atoms. The van der Waals surface area contributed by atoms with Crippen molar-refractivity contribution in [3.63, 3.8) is 0 Å². The van der Waals surface area contributed by atoms with Crippen LogP contribution in [0.1, 0.15) is 22.3 Å². The lowest BCUT2D eigenvalue weighted by Crippen LogP contribution is -2.39. The monoisotopic (exact) mass is 278 g/mol. The van der Waals surface area contributed by atoms with E-state index in [0.29, 0.717) is 38.0 Å². The van der Waals surface area contributed by atoms with Gasteiger partial charge in [0, 0.05) is 32.2 Å². The molecule has 20 heavy (non-hydrogen) atoms. The molecular weight excluding hydrogens is 260 g/mol. The molecule has 0 atom stereocenters. The highest BCUT2D eigenvalue weighted by atomic mass is 16.4. The molecule has 1 aliphatic rings. The molecule has 0 saturated heterocycles. The number of phenols is 1. The van der Waals surface area contributed by atoms with Crippen molar-refractivity contribution in [1.82, 2.24) is 9.80 Å². The van der Waals surface area contributed by atoms with Crippen LogP contribution in [0.5, 0.6) is 5.75 Å². The van der Waals surface area contributed by atoms with Crippen LogP contribution in [0, 0.1) is 0 Å². The first-order valence-corrected chi connectivity index (χ1v) is 6.54. The third kappa shape index (κ3) is 3.01. The molecule has 0 aromatic heterocycles. The lowest BCUT2D eigenvalue weighted by molar-refractivity contribution is 0.0733. The van der Waals surface area contributed by atoms with Gasteiger partial charge in [0.1, 0.15) is 5.75 Å². The number of carbonyl (C=O) groups excluding carboxylic acids is 1. The number of benzene rings is 1. The second-order valence-corrected chi connectivity index (χ2v) is 4.94. The van der Waals surface area contributed by atoms with Crippen LogP contribution in [-0.2, 0) is 6.42 Å². The van der Waals surface area contributed by atoms with Gasteiger partial charge in [-0.3, -0.25) is 4.79 Å². The van der Waals surface area contributed by atoms with Gasteiger partial charge in [-0.15, -0.1) is 0 Å². The summed E-state index contributed by atoms with van der Waals surface area (Å²) < 4.78 is 0. The summed E-state index contributed by atoms with van der Waals surface area (Å²) in [5, 5.41) is 18.2. The van der Waals surface area contributed by atoms with Crippen LogP contribution in [0.2, 0.25) is 0 Å². The average molecular weight is 278 g/mol. The van der Waals surface area contributed by atoms with Gasteiger partial charge < -0.3 is 20.0 Å². The van der Waals surface area contributed by atoms with E-state index in [9.17, 15) is 14.7 Å². The molecule has 0 spiro atoms. The molecule has 6 nitrogen and oxygen atoms in total. The van der Waals surface area contributed by atoms with E-state index in [2.05, 4.69) is 0 Å². The number of amides is 2. The second kappa shape index (κ2) is 5.81. The van der Waals surface area contributed by atoms with E-state index < -0.39 is 6.09 Å². The summed E-state index contributed by atoms with van der Waals surface area (Å²) in [5.74, 6) is 0.123. The zero-order valence-corrected chi connectivity index (χ0v) is 11.4. The summed E-state index contributed by atoms with van der Waals surface area (Å²) >= 11 is 0. The van der Waals surface area contributed by atoms with Gasteiger partial charge in [0.25, 0.3) is 5.91 Å². The van der Waals surface area contributed by atoms with Gasteiger partial charge in [-0.05, 0) is 36.6 Å². The average Bonchev–Trinajstić information content (AvgIpc) is 2.41. The van der Waals surface area contributed by atoms with E-state index >= 15 is 0 Å². The number of aromatic hydroxyl groups is 1. The number of hydrogen-bond donors (Lipinski definition) is 2. The predicted octanol–water partition coefficient (Wildman–Crippen LogP) is 1.39. The smallest absolute Gasteiger partial charge is 0.407 e. The first-order valence-electron chi connectivity index (χ1n) is 6.54. The Bertz CT molecular complexity index is 530. The predicted molar refractivity (Wildman–Crippen MR) is 73.0 cm³/mol. The van der Waals surface area contributed by atoms with E-state index in [-0.39, 0.29) is 11.7 Å². The van der Waals surface area contributed by atoms with Gasteiger partial charge in [0.15, 0.2) is 0 Å². The van der Waals surface area contributed by atoms with Gasteiger partial charge in [-0.2, -0.15) is 0 Å². The normalized spacial score (nSPS) is 14.1. The molecule has 0 unspecified atom stereocenters. The number of hydrogen-bond acceptors (Lipinski definition) is 3. The molecule has 1 heterocycles. The van der Waals surface area contributed by atoms with Crippen LogP contribution in [0.4, 0.5) is 4.79 Å². The van der Waals surface area contributed by atoms with Gasteiger partial charge in [-0.25, -0.2) is 4.79 Å². The van der Waals surface area contributed by atoms with Crippen LogP contribution in [0.15, 0.2) is 18.2 Å². The van der Waals surface area contributed by atoms with Crippen molar-refractivity contribution in [3.05, 3.63) is 29.3 Å². The third-order valence-electron chi connectivity index (χ3n) is 3.51. The number of phenolic OH excluding ortho intramolecular Hbond substituents is 1. The van der Waals surface area contributed by atoms with E-state index in [1.807, 2.05) is 0 Å². The number of nitrogens with zero attached hydrogens (tertiary/aromatic N) is 2. The molecule has 1 aliphatic heterocycles. The van der Waals surface area contributed by atoms with Gasteiger partial charge >= 0.3 is 6.09 Å². The lowest BCUT2D eigenvalue weighted by atomic mass is 9.98. The second-order valence-electron chi connectivity index (χ2n) is 4.94. The topological polar surface area (TPSA) is 81.1 Å². The highest BCUT2D eigenvalue weighted by molar-refractivity contribution is 5.96. The molecule has 1 aromatic rings. The molecule has 0 aliphatic carbocycles. The SMILES string of the molecule is CN(CCCN1CCc2cc(O)ccc2C1=O)C(=O)O. The number of carboxylic acid groups (broad SMARTS) is 1. The zero-order chi connectivity index (χ0) is 14.7. The fourth-order valence-electron chi connectivity index (χ4n) is 2.33. The maximum absolute atomic E-state index is 12.3. The van der Waals surface area contributed by atoms with E-state index in [1.165, 1.54) is 18.0 Å². The Morgan fingerprint density at radius 3 is 2.90 bits per heavy atom. The highest BCUT2D eigenvalue weighted by Gasteiger charge is 2.24. The van der Waals surface area contributed by atoms with Gasteiger partial charge in [0.2, 0.25) is 0 Å². The summed E-state index contributed by atoms with van der Waals surface area (Å²) in [7, 11) is 1.51. The standard InChI is InChI=1S/C14H18N2O4/c1-15(14(19)20)6-2-7-16-8-5-10-9-11(17)3-4-12(10)13(16)18/h3-4,9,17H,2,5-8H2,1H3,(H,19,20). The van der Waals surface area contributed by atoms with Crippen LogP contribution in [0.25, 0.3) is 0 Å². The fraction of sp³-hybridized carbons (Fsp3) is 0.429. The summed E-state index contributed by atoms with van der Waals surface area (Å²) in [4.78, 5) is 25.9. The Morgan fingerprint density at radius 1 is 1.45 bits per heavy atom. The minimum atomic E-state index is -0.962. The third-order valence-corrected chi connectivity index (χ3v) is 3.51. The number of rotatable bonds is 4. The van der Waals surface area contributed by atoms with E-state index in [1.54, 1.807) is 17.0 Å². The maximum atomic E-state index is 12.3. The Labute approximate surface area is 117 Å². The minimum Gasteiger partial charge on any atom is -0.508 e. The van der Waals surface area contributed by atoms with Crippen molar-refractivity contribution >= 4 is 12.0 Å². The number of fused-ring (bicyclic) bond motifs is 1. The van der Waals surface area contributed by atoms with Crippen molar-refractivity contribution in [3.8, 4) is 5.75 Å². The Morgan fingerprint density at radius 2 is 2.20 bits per heavy atom. The molecule has 2 rings (SSSR count). The van der Waals surface area contributed by atoms with Crippen LogP contribution >= 0.6 is 0 Å².